The van der Waals surface area contributed by atoms with Gasteiger partial charge in [0, 0.05) is 13.0 Å². The van der Waals surface area contributed by atoms with Crippen LogP contribution in [0.1, 0.15) is 19.3 Å². The maximum absolute atomic E-state index is 13.5. The topological polar surface area (TPSA) is 192 Å². The van der Waals surface area contributed by atoms with E-state index in [2.05, 4.69) is 15.1 Å². The molecule has 0 saturated carbocycles. The summed E-state index contributed by atoms with van der Waals surface area (Å²) in [5, 5.41) is 0.478. The van der Waals surface area contributed by atoms with E-state index in [1.54, 1.807) is 0 Å². The number of hydrogen-bond acceptors (Lipinski definition) is 7. The summed E-state index contributed by atoms with van der Waals surface area (Å²) in [7, 11) is -4.92. The number of hydroxylamine groups is 2. The minimum absolute atomic E-state index is 0.0258. The van der Waals surface area contributed by atoms with Crippen molar-refractivity contribution in [1.29, 1.82) is 0 Å². The Morgan fingerprint density at radius 3 is 2.34 bits per heavy atom. The van der Waals surface area contributed by atoms with Crippen LogP contribution in [0.25, 0.3) is 0 Å². The first-order valence-corrected chi connectivity index (χ1v) is 9.91. The Bertz CT molecular complexity index is 839. The van der Waals surface area contributed by atoms with Crippen molar-refractivity contribution in [3.63, 3.8) is 0 Å². The summed E-state index contributed by atoms with van der Waals surface area (Å²) >= 11 is 0. The number of piperidine rings is 1. The van der Waals surface area contributed by atoms with E-state index < -0.39 is 58.6 Å². The molecule has 0 aromatic heterocycles. The molecule has 14 nitrogen and oxygen atoms in total. The van der Waals surface area contributed by atoms with E-state index in [1.165, 1.54) is 0 Å². The molecule has 0 aliphatic carbocycles. The molecular formula is C13H19FN6O8S. The Labute approximate surface area is 164 Å². The van der Waals surface area contributed by atoms with Gasteiger partial charge in [-0.2, -0.15) is 13.5 Å². The van der Waals surface area contributed by atoms with Crippen LogP contribution in [0.15, 0.2) is 0 Å². The monoisotopic (exact) mass is 438 g/mol. The first-order chi connectivity index (χ1) is 13.5. The third kappa shape index (κ3) is 4.33. The number of likely N-dealkylation sites (tertiary alicyclic amines) is 1. The number of hydrogen-bond donors (Lipinski definition) is 4. The molecular weight excluding hydrogens is 419 g/mol. The first kappa shape index (κ1) is 21.0. The Kier molecular flexibility index (Phi) is 5.50. The summed E-state index contributed by atoms with van der Waals surface area (Å²) in [4.78, 5) is 50.0. The fourth-order valence-electron chi connectivity index (χ4n) is 3.67. The Morgan fingerprint density at radius 1 is 1.14 bits per heavy atom. The molecule has 2 bridgehead atoms. The van der Waals surface area contributed by atoms with Gasteiger partial charge in [0.1, 0.15) is 18.3 Å². The summed E-state index contributed by atoms with van der Waals surface area (Å²) in [5.74, 6) is -1.63. The number of nitrogens with two attached hydrogens (primary N) is 1. The van der Waals surface area contributed by atoms with Gasteiger partial charge in [0.25, 0.3) is 11.8 Å². The van der Waals surface area contributed by atoms with Gasteiger partial charge >= 0.3 is 22.5 Å². The second-order valence-electron chi connectivity index (χ2n) is 6.83. The average Bonchev–Trinajstić information content (AvgIpc) is 3.13. The van der Waals surface area contributed by atoms with Gasteiger partial charge in [-0.3, -0.25) is 25.0 Å². The molecule has 3 aliphatic rings. The summed E-state index contributed by atoms with van der Waals surface area (Å²) in [5.41, 5.74) is 9.29. The highest BCUT2D eigenvalue weighted by atomic mass is 32.3. The predicted octanol–water partition coefficient (Wildman–Crippen LogP) is -2.37. The van der Waals surface area contributed by atoms with E-state index in [1.807, 2.05) is 0 Å². The molecule has 0 aromatic carbocycles. The number of rotatable bonds is 4. The number of halogens is 1. The van der Waals surface area contributed by atoms with E-state index in [0.29, 0.717) is 5.06 Å². The van der Waals surface area contributed by atoms with Gasteiger partial charge in [0.05, 0.1) is 12.6 Å². The van der Waals surface area contributed by atoms with Crippen molar-refractivity contribution in [3.8, 4) is 0 Å². The smallest absolute Gasteiger partial charge is 0.351 e. The normalized spacial score (nSPS) is 29.2. The van der Waals surface area contributed by atoms with Gasteiger partial charge in [-0.25, -0.2) is 14.0 Å². The molecule has 0 radical (unpaired) electrons. The van der Waals surface area contributed by atoms with Crippen molar-refractivity contribution >= 4 is 34.3 Å². The van der Waals surface area contributed by atoms with Crippen LogP contribution in [0.5, 0.6) is 0 Å². The number of nitrogens with one attached hydrogen (secondary N) is 2. The van der Waals surface area contributed by atoms with Crippen LogP contribution in [0.2, 0.25) is 0 Å². The van der Waals surface area contributed by atoms with Crippen LogP contribution in [-0.2, 0) is 24.3 Å². The van der Waals surface area contributed by atoms with E-state index in [4.69, 9.17) is 10.3 Å². The SMILES string of the molecule is NC(=O)N1C[C@@H](F)C[C@H]1C(=O)NNC(=O)C1CC[C@@H]2CN1C(=O)N2OS(=O)(=O)O. The minimum Gasteiger partial charge on any atom is -0.351 e. The zero-order valence-corrected chi connectivity index (χ0v) is 15.7. The number of fused-ring (bicyclic) bond motifs is 2. The third-order valence-electron chi connectivity index (χ3n) is 4.94. The number of amides is 6. The molecule has 1 unspecified atom stereocenters. The number of carbonyl (C=O) groups is 4. The molecule has 29 heavy (non-hydrogen) atoms. The number of alkyl halides is 1. The van der Waals surface area contributed by atoms with E-state index in [-0.39, 0.29) is 32.4 Å². The van der Waals surface area contributed by atoms with Crippen molar-refractivity contribution < 1.29 is 40.8 Å². The van der Waals surface area contributed by atoms with Crippen molar-refractivity contribution in [3.05, 3.63) is 0 Å². The maximum Gasteiger partial charge on any atom is 0.418 e. The molecule has 3 fully saturated rings. The summed E-state index contributed by atoms with van der Waals surface area (Å²) in [6.07, 6.45) is -1.37. The highest BCUT2D eigenvalue weighted by molar-refractivity contribution is 7.80. The lowest BCUT2D eigenvalue weighted by Gasteiger charge is -2.29. The molecule has 16 heteroatoms. The Morgan fingerprint density at radius 2 is 1.76 bits per heavy atom. The van der Waals surface area contributed by atoms with Crippen LogP contribution in [-0.4, -0.2) is 89.1 Å². The van der Waals surface area contributed by atoms with E-state index in [0.717, 1.165) is 9.80 Å². The minimum atomic E-state index is -4.92. The summed E-state index contributed by atoms with van der Waals surface area (Å²) < 4.78 is 48.2. The molecule has 162 valence electrons. The summed E-state index contributed by atoms with van der Waals surface area (Å²) in [6.45, 7) is -0.362. The van der Waals surface area contributed by atoms with Gasteiger partial charge in [0.2, 0.25) is 0 Å². The van der Waals surface area contributed by atoms with Crippen LogP contribution in [0.3, 0.4) is 0 Å². The van der Waals surface area contributed by atoms with Gasteiger partial charge < -0.3 is 15.5 Å². The largest absolute Gasteiger partial charge is 0.418 e. The lowest BCUT2D eigenvalue weighted by Crippen LogP contribution is -2.57. The van der Waals surface area contributed by atoms with Crippen molar-refractivity contribution in [1.82, 2.24) is 25.7 Å². The predicted molar refractivity (Wildman–Crippen MR) is 89.3 cm³/mol. The number of urea groups is 2. The first-order valence-electron chi connectivity index (χ1n) is 8.54. The van der Waals surface area contributed by atoms with Crippen LogP contribution in [0, 0.1) is 0 Å². The van der Waals surface area contributed by atoms with Gasteiger partial charge in [-0.1, -0.05) is 0 Å². The van der Waals surface area contributed by atoms with Crippen molar-refractivity contribution in [2.24, 2.45) is 5.73 Å². The lowest BCUT2D eigenvalue weighted by molar-refractivity contribution is -0.133. The molecule has 3 aliphatic heterocycles. The van der Waals surface area contributed by atoms with Crippen LogP contribution >= 0.6 is 0 Å². The maximum atomic E-state index is 13.5. The molecule has 3 heterocycles. The number of nitrogens with zero attached hydrogens (tertiary/aromatic N) is 3. The molecule has 3 saturated heterocycles. The van der Waals surface area contributed by atoms with Crippen molar-refractivity contribution in [2.45, 2.75) is 43.6 Å². The molecule has 0 aromatic rings. The van der Waals surface area contributed by atoms with E-state index >= 15 is 0 Å². The zero-order valence-electron chi connectivity index (χ0n) is 14.9. The quantitative estimate of drug-likeness (QED) is 0.276. The molecule has 6 amide bonds. The van der Waals surface area contributed by atoms with E-state index in [9.17, 15) is 32.0 Å². The molecule has 5 N–H and O–H groups in total. The Hall–Kier alpha value is -2.72. The van der Waals surface area contributed by atoms with Gasteiger partial charge in [-0.05, 0) is 12.8 Å². The second kappa shape index (κ2) is 7.60. The number of hydrazine groups is 1. The molecule has 0 spiro atoms. The number of carbonyl (C=O) groups excluding carboxylic acids is 4. The van der Waals surface area contributed by atoms with Gasteiger partial charge in [0.15, 0.2) is 0 Å². The standard InChI is InChI=1S/C13H19FN6O8S/c14-6-3-9(18(4-6)12(15)23)11(22)17-16-10(21)8-2-1-7-5-19(8)13(24)20(7)28-29(25,26)27/h6-9H,1-5H2,(H2,15,23)(H,16,21)(H,17,22)(H,25,26,27)/t6-,7+,8?,9-/m0/s1. The third-order valence-corrected chi connectivity index (χ3v) is 5.29. The second-order valence-corrected chi connectivity index (χ2v) is 7.83. The fraction of sp³-hybridized carbons (Fsp3) is 0.692. The van der Waals surface area contributed by atoms with Crippen molar-refractivity contribution in [2.75, 3.05) is 13.1 Å². The average molecular weight is 438 g/mol. The number of primary amides is 1. The fourth-order valence-corrected chi connectivity index (χ4v) is 4.06. The van der Waals surface area contributed by atoms with Gasteiger partial charge in [-0.15, -0.1) is 4.28 Å². The summed E-state index contributed by atoms with van der Waals surface area (Å²) in [6, 6.07) is -4.82. The highest BCUT2D eigenvalue weighted by Gasteiger charge is 2.49. The lowest BCUT2D eigenvalue weighted by atomic mass is 10.0. The van der Waals surface area contributed by atoms with Crippen LogP contribution in [0.4, 0.5) is 14.0 Å². The Balaban J connectivity index is 1.58. The molecule has 4 atom stereocenters. The van der Waals surface area contributed by atoms with Crippen LogP contribution < -0.4 is 16.6 Å². The highest BCUT2D eigenvalue weighted by Crippen LogP contribution is 2.30. The zero-order chi connectivity index (χ0) is 21.5. The molecule has 3 rings (SSSR count).